The quantitative estimate of drug-likeness (QED) is 0.795. The Morgan fingerprint density at radius 2 is 2.05 bits per heavy atom. The number of fused-ring (bicyclic) bond motifs is 1. The van der Waals surface area contributed by atoms with E-state index in [4.69, 9.17) is 4.74 Å². The van der Waals surface area contributed by atoms with Gasteiger partial charge in [-0.3, -0.25) is 4.79 Å². The van der Waals surface area contributed by atoms with E-state index < -0.39 is 0 Å². The Balaban J connectivity index is 2.01. The van der Waals surface area contributed by atoms with Crippen molar-refractivity contribution in [2.45, 2.75) is 6.92 Å². The van der Waals surface area contributed by atoms with Gasteiger partial charge in [-0.15, -0.1) is 0 Å². The van der Waals surface area contributed by atoms with E-state index in [1.165, 1.54) is 0 Å². The van der Waals surface area contributed by atoms with Crippen LogP contribution in [0.2, 0.25) is 0 Å². The SMILES string of the molecule is Cc1ccccc1C(=O)N1CCOc2cc(Br)ccc21. The minimum absolute atomic E-state index is 0.0231. The number of carbonyl (C=O) groups excluding carboxylic acids is 1. The molecule has 2 aromatic rings. The molecule has 0 spiro atoms. The summed E-state index contributed by atoms with van der Waals surface area (Å²) >= 11 is 3.42. The third kappa shape index (κ3) is 2.31. The smallest absolute Gasteiger partial charge is 0.258 e. The van der Waals surface area contributed by atoms with Crippen molar-refractivity contribution in [3.63, 3.8) is 0 Å². The number of halogens is 1. The molecule has 4 heteroatoms. The van der Waals surface area contributed by atoms with E-state index in [1.807, 2.05) is 49.4 Å². The molecule has 3 nitrogen and oxygen atoms in total. The molecule has 0 radical (unpaired) electrons. The number of amides is 1. The van der Waals surface area contributed by atoms with Crippen LogP contribution in [0.1, 0.15) is 15.9 Å². The van der Waals surface area contributed by atoms with Crippen LogP contribution in [0.3, 0.4) is 0 Å². The molecule has 3 rings (SSSR count). The molecule has 0 fully saturated rings. The maximum Gasteiger partial charge on any atom is 0.258 e. The molecule has 20 heavy (non-hydrogen) atoms. The normalized spacial score (nSPS) is 13.6. The largest absolute Gasteiger partial charge is 0.489 e. The van der Waals surface area contributed by atoms with Gasteiger partial charge < -0.3 is 9.64 Å². The predicted molar refractivity (Wildman–Crippen MR) is 82.5 cm³/mol. The number of hydrogen-bond donors (Lipinski definition) is 0. The van der Waals surface area contributed by atoms with E-state index in [-0.39, 0.29) is 5.91 Å². The van der Waals surface area contributed by atoms with Gasteiger partial charge in [0.2, 0.25) is 0 Å². The summed E-state index contributed by atoms with van der Waals surface area (Å²) in [6.07, 6.45) is 0. The summed E-state index contributed by atoms with van der Waals surface area (Å²) in [5, 5.41) is 0. The first-order chi connectivity index (χ1) is 9.66. The molecule has 102 valence electrons. The van der Waals surface area contributed by atoms with Gasteiger partial charge in [0.25, 0.3) is 5.91 Å². The number of carbonyl (C=O) groups is 1. The third-order valence-corrected chi connectivity index (χ3v) is 3.90. The maximum absolute atomic E-state index is 12.7. The number of benzene rings is 2. The highest BCUT2D eigenvalue weighted by Gasteiger charge is 2.25. The molecule has 0 unspecified atom stereocenters. The van der Waals surface area contributed by atoms with Gasteiger partial charge in [0.15, 0.2) is 0 Å². The zero-order valence-corrected chi connectivity index (χ0v) is 12.7. The van der Waals surface area contributed by atoms with E-state index in [0.717, 1.165) is 27.0 Å². The average molecular weight is 332 g/mol. The molecule has 1 heterocycles. The van der Waals surface area contributed by atoms with Crippen LogP contribution < -0.4 is 9.64 Å². The van der Waals surface area contributed by atoms with Crippen LogP contribution in [0.5, 0.6) is 5.75 Å². The lowest BCUT2D eigenvalue weighted by atomic mass is 10.1. The molecular formula is C16H14BrNO2. The van der Waals surface area contributed by atoms with Gasteiger partial charge in [0.1, 0.15) is 12.4 Å². The van der Waals surface area contributed by atoms with Crippen molar-refractivity contribution in [2.24, 2.45) is 0 Å². The second-order valence-electron chi connectivity index (χ2n) is 4.73. The molecule has 0 saturated carbocycles. The zero-order valence-electron chi connectivity index (χ0n) is 11.1. The van der Waals surface area contributed by atoms with E-state index in [1.54, 1.807) is 4.90 Å². The second-order valence-corrected chi connectivity index (χ2v) is 5.65. The number of ether oxygens (including phenoxy) is 1. The molecule has 0 N–H and O–H groups in total. The molecule has 1 aliphatic heterocycles. The van der Waals surface area contributed by atoms with Crippen LogP contribution in [0.15, 0.2) is 46.9 Å². The lowest BCUT2D eigenvalue weighted by Gasteiger charge is -2.30. The third-order valence-electron chi connectivity index (χ3n) is 3.41. The van der Waals surface area contributed by atoms with Gasteiger partial charge in [-0.2, -0.15) is 0 Å². The Labute approximate surface area is 126 Å². The summed E-state index contributed by atoms with van der Waals surface area (Å²) in [6, 6.07) is 13.4. The van der Waals surface area contributed by atoms with Crippen LogP contribution >= 0.6 is 15.9 Å². The highest BCUT2D eigenvalue weighted by Crippen LogP contribution is 2.35. The van der Waals surface area contributed by atoms with Gasteiger partial charge >= 0.3 is 0 Å². The van der Waals surface area contributed by atoms with E-state index >= 15 is 0 Å². The highest BCUT2D eigenvalue weighted by atomic mass is 79.9. The average Bonchev–Trinajstić information content (AvgIpc) is 2.46. The lowest BCUT2D eigenvalue weighted by Crippen LogP contribution is -2.38. The molecular weight excluding hydrogens is 318 g/mol. The van der Waals surface area contributed by atoms with Crippen molar-refractivity contribution in [3.05, 3.63) is 58.1 Å². The second kappa shape index (κ2) is 5.29. The Bertz CT molecular complexity index is 669. The first kappa shape index (κ1) is 13.2. The predicted octanol–water partition coefficient (Wildman–Crippen LogP) is 3.80. The molecule has 0 saturated heterocycles. The van der Waals surface area contributed by atoms with Crippen molar-refractivity contribution in [2.75, 3.05) is 18.1 Å². The van der Waals surface area contributed by atoms with Crippen LogP contribution in [0.25, 0.3) is 0 Å². The fourth-order valence-electron chi connectivity index (χ4n) is 2.36. The first-order valence-electron chi connectivity index (χ1n) is 6.46. The molecule has 0 atom stereocenters. The fraction of sp³-hybridized carbons (Fsp3) is 0.188. The zero-order chi connectivity index (χ0) is 14.1. The lowest BCUT2D eigenvalue weighted by molar-refractivity contribution is 0.0976. The number of aryl methyl sites for hydroxylation is 1. The molecule has 2 aromatic carbocycles. The summed E-state index contributed by atoms with van der Waals surface area (Å²) in [7, 11) is 0. The minimum Gasteiger partial charge on any atom is -0.489 e. The summed E-state index contributed by atoms with van der Waals surface area (Å²) < 4.78 is 6.57. The van der Waals surface area contributed by atoms with Gasteiger partial charge in [-0.05, 0) is 36.8 Å². The van der Waals surface area contributed by atoms with Gasteiger partial charge in [0.05, 0.1) is 12.2 Å². The molecule has 1 aliphatic rings. The van der Waals surface area contributed by atoms with E-state index in [0.29, 0.717) is 13.2 Å². The number of nitrogens with zero attached hydrogens (tertiary/aromatic N) is 1. The van der Waals surface area contributed by atoms with Crippen LogP contribution in [0.4, 0.5) is 5.69 Å². The van der Waals surface area contributed by atoms with Crippen LogP contribution in [-0.4, -0.2) is 19.1 Å². The maximum atomic E-state index is 12.7. The number of hydrogen-bond acceptors (Lipinski definition) is 2. The summed E-state index contributed by atoms with van der Waals surface area (Å²) in [5.74, 6) is 0.766. The molecule has 1 amide bonds. The number of anilines is 1. The highest BCUT2D eigenvalue weighted by molar-refractivity contribution is 9.10. The van der Waals surface area contributed by atoms with E-state index in [9.17, 15) is 4.79 Å². The Hall–Kier alpha value is -1.81. The first-order valence-corrected chi connectivity index (χ1v) is 7.26. The fourth-order valence-corrected chi connectivity index (χ4v) is 2.70. The van der Waals surface area contributed by atoms with Crippen molar-refractivity contribution < 1.29 is 9.53 Å². The van der Waals surface area contributed by atoms with Gasteiger partial charge in [-0.25, -0.2) is 0 Å². The van der Waals surface area contributed by atoms with Crippen molar-refractivity contribution in [1.82, 2.24) is 0 Å². The van der Waals surface area contributed by atoms with Crippen molar-refractivity contribution in [3.8, 4) is 5.75 Å². The summed E-state index contributed by atoms with van der Waals surface area (Å²) in [4.78, 5) is 14.5. The van der Waals surface area contributed by atoms with Crippen molar-refractivity contribution in [1.29, 1.82) is 0 Å². The van der Waals surface area contributed by atoms with Gasteiger partial charge in [-0.1, -0.05) is 34.1 Å². The summed E-state index contributed by atoms with van der Waals surface area (Å²) in [5.41, 5.74) is 2.55. The Morgan fingerprint density at radius 1 is 1.25 bits per heavy atom. The van der Waals surface area contributed by atoms with Gasteiger partial charge in [0, 0.05) is 10.0 Å². The Kier molecular flexibility index (Phi) is 3.49. The molecule has 0 bridgehead atoms. The number of rotatable bonds is 1. The minimum atomic E-state index is 0.0231. The summed E-state index contributed by atoms with van der Waals surface area (Å²) in [6.45, 7) is 3.04. The topological polar surface area (TPSA) is 29.5 Å². The monoisotopic (exact) mass is 331 g/mol. The molecule has 0 aromatic heterocycles. The molecule has 0 aliphatic carbocycles. The van der Waals surface area contributed by atoms with Crippen LogP contribution in [0, 0.1) is 6.92 Å². The Morgan fingerprint density at radius 3 is 2.85 bits per heavy atom. The van der Waals surface area contributed by atoms with E-state index in [2.05, 4.69) is 15.9 Å². The van der Waals surface area contributed by atoms with Crippen molar-refractivity contribution >= 4 is 27.5 Å². The van der Waals surface area contributed by atoms with Crippen LogP contribution in [-0.2, 0) is 0 Å². The standard InChI is InChI=1S/C16H14BrNO2/c1-11-4-2-3-5-13(11)16(19)18-8-9-20-15-10-12(17)6-7-14(15)18/h2-7,10H,8-9H2,1H3.